The Balaban J connectivity index is 2.06. The number of methoxy groups -OCH3 is 1. The number of carbonyl (C=O) groups is 1. The van der Waals surface area contributed by atoms with Gasteiger partial charge in [-0.15, -0.1) is 0 Å². The molecule has 0 unspecified atom stereocenters. The van der Waals surface area contributed by atoms with Gasteiger partial charge in [0.1, 0.15) is 5.75 Å². The van der Waals surface area contributed by atoms with E-state index in [2.05, 4.69) is 26.6 Å². The molecule has 21 heavy (non-hydrogen) atoms. The molecular weight excluding hydrogens is 332 g/mol. The Morgan fingerprint density at radius 3 is 2.71 bits per heavy atom. The van der Waals surface area contributed by atoms with Crippen LogP contribution in [0.25, 0.3) is 0 Å². The number of ether oxygens (including phenoxy) is 1. The van der Waals surface area contributed by atoms with Gasteiger partial charge in [-0.1, -0.05) is 12.1 Å². The number of rotatable bonds is 5. The van der Waals surface area contributed by atoms with Crippen LogP contribution in [0.4, 0.5) is 5.69 Å². The lowest BCUT2D eigenvalue weighted by molar-refractivity contribution is 0.0963. The Kier molecular flexibility index (Phi) is 5.22. The Morgan fingerprint density at radius 2 is 2.05 bits per heavy atom. The molecular formula is C16H17BrN2O2. The van der Waals surface area contributed by atoms with Gasteiger partial charge in [-0.2, -0.15) is 0 Å². The molecule has 2 rings (SSSR count). The molecule has 5 heteroatoms. The third-order valence-electron chi connectivity index (χ3n) is 3.06. The molecule has 0 saturated carbocycles. The van der Waals surface area contributed by atoms with Crippen molar-refractivity contribution in [3.63, 3.8) is 0 Å². The fourth-order valence-electron chi connectivity index (χ4n) is 1.94. The van der Waals surface area contributed by atoms with Crippen molar-refractivity contribution in [3.05, 3.63) is 58.1 Å². The van der Waals surface area contributed by atoms with E-state index in [1.165, 1.54) is 0 Å². The van der Waals surface area contributed by atoms with Gasteiger partial charge >= 0.3 is 0 Å². The molecule has 0 aliphatic carbocycles. The molecule has 2 aromatic carbocycles. The van der Waals surface area contributed by atoms with Crippen molar-refractivity contribution in [2.45, 2.75) is 6.54 Å². The molecule has 0 aliphatic heterocycles. The first-order chi connectivity index (χ1) is 10.1. The van der Waals surface area contributed by atoms with E-state index in [0.29, 0.717) is 12.1 Å². The summed E-state index contributed by atoms with van der Waals surface area (Å²) in [6, 6.07) is 13.3. The van der Waals surface area contributed by atoms with E-state index >= 15 is 0 Å². The molecule has 110 valence electrons. The third kappa shape index (κ3) is 3.98. The Bertz CT molecular complexity index is 644. The van der Waals surface area contributed by atoms with Crippen molar-refractivity contribution >= 4 is 27.5 Å². The van der Waals surface area contributed by atoms with Gasteiger partial charge in [0.2, 0.25) is 0 Å². The molecule has 2 N–H and O–H groups in total. The second kappa shape index (κ2) is 7.13. The van der Waals surface area contributed by atoms with Crippen molar-refractivity contribution in [1.82, 2.24) is 5.32 Å². The molecule has 0 heterocycles. The van der Waals surface area contributed by atoms with Crippen molar-refractivity contribution < 1.29 is 9.53 Å². The zero-order valence-corrected chi connectivity index (χ0v) is 13.5. The van der Waals surface area contributed by atoms with E-state index in [0.717, 1.165) is 21.5 Å². The van der Waals surface area contributed by atoms with Crippen molar-refractivity contribution in [3.8, 4) is 5.75 Å². The van der Waals surface area contributed by atoms with E-state index in [4.69, 9.17) is 4.74 Å². The minimum absolute atomic E-state index is 0.0918. The van der Waals surface area contributed by atoms with Crippen LogP contribution in [0.3, 0.4) is 0 Å². The normalized spacial score (nSPS) is 10.0. The van der Waals surface area contributed by atoms with E-state index in [9.17, 15) is 4.79 Å². The standard InChI is InChI=1S/C16H17BrN2O2/c1-18-16(20)12-4-3-5-13(9-12)19-10-11-6-7-15(21-2)14(17)8-11/h3-9,19H,10H2,1-2H3,(H,18,20). The summed E-state index contributed by atoms with van der Waals surface area (Å²) in [4.78, 5) is 11.6. The maximum Gasteiger partial charge on any atom is 0.251 e. The topological polar surface area (TPSA) is 50.4 Å². The zero-order valence-electron chi connectivity index (χ0n) is 11.9. The first-order valence-corrected chi connectivity index (χ1v) is 7.31. The number of nitrogens with one attached hydrogen (secondary N) is 2. The SMILES string of the molecule is CNC(=O)c1cccc(NCc2ccc(OC)c(Br)c2)c1. The second-order valence-corrected chi connectivity index (χ2v) is 5.34. The van der Waals surface area contributed by atoms with Crippen LogP contribution >= 0.6 is 15.9 Å². The monoisotopic (exact) mass is 348 g/mol. The van der Waals surface area contributed by atoms with E-state index < -0.39 is 0 Å². The van der Waals surface area contributed by atoms with Gasteiger partial charge in [0.25, 0.3) is 5.91 Å². The number of halogens is 1. The third-order valence-corrected chi connectivity index (χ3v) is 3.68. The minimum atomic E-state index is -0.0918. The fourth-order valence-corrected chi connectivity index (χ4v) is 2.53. The van der Waals surface area contributed by atoms with Crippen molar-refractivity contribution in [2.75, 3.05) is 19.5 Å². The summed E-state index contributed by atoms with van der Waals surface area (Å²) in [6.45, 7) is 0.666. The number of benzene rings is 2. The highest BCUT2D eigenvalue weighted by atomic mass is 79.9. The predicted octanol–water partition coefficient (Wildman–Crippen LogP) is 3.43. The van der Waals surface area contributed by atoms with Crippen molar-refractivity contribution in [2.24, 2.45) is 0 Å². The van der Waals surface area contributed by atoms with Crippen LogP contribution in [0, 0.1) is 0 Å². The first-order valence-electron chi connectivity index (χ1n) is 6.52. The maximum atomic E-state index is 11.6. The smallest absolute Gasteiger partial charge is 0.251 e. The van der Waals surface area contributed by atoms with E-state index in [1.807, 2.05) is 36.4 Å². The summed E-state index contributed by atoms with van der Waals surface area (Å²) in [5.74, 6) is 0.714. The molecule has 1 amide bonds. The lowest BCUT2D eigenvalue weighted by Crippen LogP contribution is -2.17. The highest BCUT2D eigenvalue weighted by molar-refractivity contribution is 9.10. The predicted molar refractivity (Wildman–Crippen MR) is 87.9 cm³/mol. The highest BCUT2D eigenvalue weighted by Gasteiger charge is 2.04. The molecule has 0 spiro atoms. The second-order valence-electron chi connectivity index (χ2n) is 4.48. The van der Waals surface area contributed by atoms with Crippen LogP contribution < -0.4 is 15.4 Å². The molecule has 0 aliphatic rings. The minimum Gasteiger partial charge on any atom is -0.496 e. The van der Waals surface area contributed by atoms with Gasteiger partial charge in [-0.3, -0.25) is 4.79 Å². The van der Waals surface area contributed by atoms with Gasteiger partial charge in [0.15, 0.2) is 0 Å². The Morgan fingerprint density at radius 1 is 1.24 bits per heavy atom. The molecule has 2 aromatic rings. The lowest BCUT2D eigenvalue weighted by atomic mass is 10.1. The molecule has 0 radical (unpaired) electrons. The molecule has 0 aromatic heterocycles. The van der Waals surface area contributed by atoms with Crippen molar-refractivity contribution in [1.29, 1.82) is 0 Å². The number of carbonyl (C=O) groups excluding carboxylic acids is 1. The summed E-state index contributed by atoms with van der Waals surface area (Å²) >= 11 is 3.47. The largest absolute Gasteiger partial charge is 0.496 e. The molecule has 4 nitrogen and oxygen atoms in total. The molecule has 0 fully saturated rings. The average molecular weight is 349 g/mol. The van der Waals surface area contributed by atoms with Gasteiger partial charge in [-0.05, 0) is 51.8 Å². The number of hydrogen-bond acceptors (Lipinski definition) is 3. The Hall–Kier alpha value is -2.01. The first kappa shape index (κ1) is 15.4. The van der Waals surface area contributed by atoms with Gasteiger partial charge in [0.05, 0.1) is 11.6 Å². The average Bonchev–Trinajstić information content (AvgIpc) is 2.52. The highest BCUT2D eigenvalue weighted by Crippen LogP contribution is 2.25. The summed E-state index contributed by atoms with van der Waals surface area (Å²) in [6.07, 6.45) is 0. The van der Waals surface area contributed by atoms with Crippen LogP contribution in [0.5, 0.6) is 5.75 Å². The van der Waals surface area contributed by atoms with Crippen LogP contribution in [0.2, 0.25) is 0 Å². The summed E-state index contributed by atoms with van der Waals surface area (Å²) in [5.41, 5.74) is 2.66. The zero-order chi connectivity index (χ0) is 15.2. The summed E-state index contributed by atoms with van der Waals surface area (Å²) < 4.78 is 6.13. The molecule has 0 saturated heterocycles. The Labute approximate surface area is 132 Å². The summed E-state index contributed by atoms with van der Waals surface area (Å²) in [7, 11) is 3.26. The quantitative estimate of drug-likeness (QED) is 0.870. The summed E-state index contributed by atoms with van der Waals surface area (Å²) in [5, 5.41) is 5.92. The van der Waals surface area contributed by atoms with Gasteiger partial charge in [-0.25, -0.2) is 0 Å². The van der Waals surface area contributed by atoms with Crippen LogP contribution in [0.1, 0.15) is 15.9 Å². The fraction of sp³-hybridized carbons (Fsp3) is 0.188. The number of hydrogen-bond donors (Lipinski definition) is 2. The lowest BCUT2D eigenvalue weighted by Gasteiger charge is -2.10. The van der Waals surface area contributed by atoms with E-state index in [1.54, 1.807) is 20.2 Å². The van der Waals surface area contributed by atoms with Crippen LogP contribution in [-0.4, -0.2) is 20.1 Å². The van der Waals surface area contributed by atoms with Crippen LogP contribution in [-0.2, 0) is 6.54 Å². The molecule has 0 atom stereocenters. The number of amides is 1. The van der Waals surface area contributed by atoms with Crippen LogP contribution in [0.15, 0.2) is 46.9 Å². The van der Waals surface area contributed by atoms with Gasteiger partial charge < -0.3 is 15.4 Å². The number of anilines is 1. The molecule has 0 bridgehead atoms. The van der Waals surface area contributed by atoms with E-state index in [-0.39, 0.29) is 5.91 Å². The maximum absolute atomic E-state index is 11.6. The van der Waals surface area contributed by atoms with Gasteiger partial charge in [0, 0.05) is 24.8 Å².